The minimum atomic E-state index is -0.280. The van der Waals surface area contributed by atoms with Crippen LogP contribution in [-0.2, 0) is 17.8 Å². The number of aryl methyl sites for hydroxylation is 2. The predicted molar refractivity (Wildman–Crippen MR) is 115 cm³/mol. The highest BCUT2D eigenvalue weighted by Crippen LogP contribution is 2.25. The number of urea groups is 1. The summed E-state index contributed by atoms with van der Waals surface area (Å²) < 4.78 is 5.57. The molecule has 28 heavy (non-hydrogen) atoms. The Morgan fingerprint density at radius 1 is 1.14 bits per heavy atom. The third-order valence-corrected chi connectivity index (χ3v) is 4.40. The van der Waals surface area contributed by atoms with Crippen molar-refractivity contribution in [3.05, 3.63) is 65.2 Å². The summed E-state index contributed by atoms with van der Waals surface area (Å²) in [6, 6.07) is 15.7. The topological polar surface area (TPSA) is 80.0 Å². The van der Waals surface area contributed by atoms with E-state index in [0.29, 0.717) is 26.3 Å². The number of hydrogen-bond donors (Lipinski definition) is 2. The zero-order valence-electron chi connectivity index (χ0n) is 16.9. The molecule has 0 saturated heterocycles. The van der Waals surface area contributed by atoms with Crippen molar-refractivity contribution >= 4 is 17.7 Å². The zero-order valence-corrected chi connectivity index (χ0v) is 16.9. The first kappa shape index (κ1) is 21.4. The van der Waals surface area contributed by atoms with E-state index >= 15 is 0 Å². The number of anilines is 1. The summed E-state index contributed by atoms with van der Waals surface area (Å²) in [6.07, 6.45) is 0.850. The lowest BCUT2D eigenvalue weighted by Gasteiger charge is -2.25. The quantitative estimate of drug-likeness (QED) is 0.416. The van der Waals surface area contributed by atoms with Gasteiger partial charge in [0.25, 0.3) is 0 Å². The van der Waals surface area contributed by atoms with Crippen molar-refractivity contribution < 1.29 is 9.53 Å². The van der Waals surface area contributed by atoms with Crippen molar-refractivity contribution in [2.24, 2.45) is 10.7 Å². The third kappa shape index (κ3) is 6.09. The number of amides is 2. The smallest absolute Gasteiger partial charge is 0.328 e. The van der Waals surface area contributed by atoms with Crippen molar-refractivity contribution in [1.82, 2.24) is 5.32 Å². The Morgan fingerprint density at radius 3 is 2.57 bits per heavy atom. The van der Waals surface area contributed by atoms with Crippen LogP contribution in [0.15, 0.2) is 53.5 Å². The second-order valence-corrected chi connectivity index (χ2v) is 6.42. The summed E-state index contributed by atoms with van der Waals surface area (Å²) in [5.41, 5.74) is 10.1. The maximum atomic E-state index is 12.7. The summed E-state index contributed by atoms with van der Waals surface area (Å²) in [7, 11) is 0. The minimum Gasteiger partial charge on any atom is -0.375 e. The molecule has 2 amide bonds. The zero-order chi connectivity index (χ0) is 20.4. The second kappa shape index (κ2) is 11.1. The Balaban J connectivity index is 1.88. The molecule has 0 aromatic heterocycles. The van der Waals surface area contributed by atoms with Crippen molar-refractivity contribution in [1.29, 1.82) is 0 Å². The Bertz CT molecular complexity index is 790. The number of nitrogens with one attached hydrogen (secondary N) is 1. The van der Waals surface area contributed by atoms with Crippen LogP contribution in [0.3, 0.4) is 0 Å². The van der Waals surface area contributed by atoms with Gasteiger partial charge in [0.2, 0.25) is 0 Å². The predicted octanol–water partition coefficient (Wildman–Crippen LogP) is 3.62. The van der Waals surface area contributed by atoms with Gasteiger partial charge in [-0.25, -0.2) is 4.79 Å². The van der Waals surface area contributed by atoms with E-state index in [1.54, 1.807) is 4.90 Å². The maximum Gasteiger partial charge on any atom is 0.328 e. The van der Waals surface area contributed by atoms with Crippen LogP contribution in [0.1, 0.15) is 30.5 Å². The number of aliphatic imine (C=N–C) groups is 1. The van der Waals surface area contributed by atoms with Gasteiger partial charge in [0.15, 0.2) is 5.96 Å². The number of para-hydroxylation sites is 1. The van der Waals surface area contributed by atoms with Gasteiger partial charge in [-0.2, -0.15) is 0 Å². The molecule has 2 rings (SSSR count). The summed E-state index contributed by atoms with van der Waals surface area (Å²) in [4.78, 5) is 18.6. The van der Waals surface area contributed by atoms with Crippen LogP contribution < -0.4 is 16.0 Å². The second-order valence-electron chi connectivity index (χ2n) is 6.42. The monoisotopic (exact) mass is 382 g/mol. The largest absolute Gasteiger partial charge is 0.375 e. The molecule has 0 aliphatic carbocycles. The molecule has 6 nitrogen and oxygen atoms in total. The van der Waals surface area contributed by atoms with Gasteiger partial charge in [-0.1, -0.05) is 55.5 Å². The van der Waals surface area contributed by atoms with Crippen LogP contribution >= 0.6 is 0 Å². The van der Waals surface area contributed by atoms with Gasteiger partial charge in [0, 0.05) is 6.54 Å². The van der Waals surface area contributed by atoms with Crippen LogP contribution in [0, 0.1) is 6.92 Å². The minimum absolute atomic E-state index is 0.0957. The fourth-order valence-corrected chi connectivity index (χ4v) is 3.01. The van der Waals surface area contributed by atoms with Crippen LogP contribution in [0.4, 0.5) is 10.5 Å². The Kier molecular flexibility index (Phi) is 8.49. The van der Waals surface area contributed by atoms with Gasteiger partial charge in [-0.15, -0.1) is 0 Å². The first-order valence-electron chi connectivity index (χ1n) is 9.65. The third-order valence-electron chi connectivity index (χ3n) is 4.40. The average Bonchev–Trinajstić information content (AvgIpc) is 2.70. The van der Waals surface area contributed by atoms with Gasteiger partial charge in [0.05, 0.1) is 25.4 Å². The van der Waals surface area contributed by atoms with Crippen molar-refractivity contribution in [2.75, 3.05) is 24.6 Å². The number of benzene rings is 2. The number of hydrogen-bond acceptors (Lipinski definition) is 3. The molecule has 0 aliphatic rings. The fraction of sp³-hybridized carbons (Fsp3) is 0.364. The van der Waals surface area contributed by atoms with E-state index in [1.165, 1.54) is 0 Å². The summed E-state index contributed by atoms with van der Waals surface area (Å²) in [6.45, 7) is 7.91. The molecule has 0 unspecified atom stereocenters. The highest BCUT2D eigenvalue weighted by atomic mass is 16.5. The number of carbonyl (C=O) groups excluding carboxylic acids is 1. The normalized spacial score (nSPS) is 11.3. The van der Waals surface area contributed by atoms with Crippen LogP contribution in [0.25, 0.3) is 0 Å². The molecule has 0 aliphatic heterocycles. The molecule has 2 aromatic rings. The molecule has 0 saturated carbocycles. The van der Waals surface area contributed by atoms with E-state index in [4.69, 9.17) is 10.5 Å². The SMILES string of the molecule is CCc1cccc(C)c1N(CC)C(=O)NC(N)=NCCOCc1ccccc1. The molecular weight excluding hydrogens is 352 g/mol. The van der Waals surface area contributed by atoms with Gasteiger partial charge in [-0.05, 0) is 37.0 Å². The van der Waals surface area contributed by atoms with Crippen LogP contribution in [0.2, 0.25) is 0 Å². The summed E-state index contributed by atoms with van der Waals surface area (Å²) in [5, 5.41) is 2.68. The Labute approximate surface area is 167 Å². The molecule has 0 bridgehead atoms. The van der Waals surface area contributed by atoms with Crippen molar-refractivity contribution in [2.45, 2.75) is 33.8 Å². The van der Waals surface area contributed by atoms with Crippen LogP contribution in [-0.4, -0.2) is 31.7 Å². The van der Waals surface area contributed by atoms with E-state index in [1.807, 2.05) is 62.4 Å². The number of nitrogens with zero attached hydrogens (tertiary/aromatic N) is 2. The highest BCUT2D eigenvalue weighted by molar-refractivity contribution is 6.04. The van der Waals surface area contributed by atoms with Crippen molar-refractivity contribution in [3.63, 3.8) is 0 Å². The number of carbonyl (C=O) groups is 1. The Hall–Kier alpha value is -2.86. The summed E-state index contributed by atoms with van der Waals surface area (Å²) in [5.74, 6) is 0.0957. The molecule has 0 spiro atoms. The molecule has 0 heterocycles. The lowest BCUT2D eigenvalue weighted by molar-refractivity contribution is 0.128. The molecule has 0 radical (unpaired) electrons. The lowest BCUT2D eigenvalue weighted by atomic mass is 10.0. The molecular formula is C22H30N4O2. The van der Waals surface area contributed by atoms with E-state index in [-0.39, 0.29) is 12.0 Å². The molecule has 0 fully saturated rings. The van der Waals surface area contributed by atoms with Gasteiger partial charge in [0.1, 0.15) is 0 Å². The van der Waals surface area contributed by atoms with E-state index in [9.17, 15) is 4.79 Å². The molecule has 6 heteroatoms. The molecule has 0 atom stereocenters. The number of rotatable bonds is 8. The maximum absolute atomic E-state index is 12.7. The van der Waals surface area contributed by atoms with E-state index < -0.39 is 0 Å². The van der Waals surface area contributed by atoms with Crippen LogP contribution in [0.5, 0.6) is 0 Å². The van der Waals surface area contributed by atoms with Gasteiger partial charge in [-0.3, -0.25) is 15.2 Å². The van der Waals surface area contributed by atoms with Gasteiger partial charge < -0.3 is 10.5 Å². The highest BCUT2D eigenvalue weighted by Gasteiger charge is 2.19. The van der Waals surface area contributed by atoms with E-state index in [0.717, 1.165) is 28.8 Å². The van der Waals surface area contributed by atoms with E-state index in [2.05, 4.69) is 17.2 Å². The molecule has 3 N–H and O–H groups in total. The molecule has 2 aromatic carbocycles. The van der Waals surface area contributed by atoms with Crippen molar-refractivity contribution in [3.8, 4) is 0 Å². The summed E-state index contributed by atoms with van der Waals surface area (Å²) >= 11 is 0. The number of nitrogens with two attached hydrogens (primary N) is 1. The standard InChI is InChI=1S/C22H30N4O2/c1-4-19-13-9-10-17(3)20(19)26(5-2)22(27)25-21(23)24-14-15-28-16-18-11-7-6-8-12-18/h6-13H,4-5,14-16H2,1-3H3,(H3,23,24,25,27). The Morgan fingerprint density at radius 2 is 1.89 bits per heavy atom. The molecule has 150 valence electrons. The first-order valence-corrected chi connectivity index (χ1v) is 9.65. The lowest BCUT2D eigenvalue weighted by Crippen LogP contribution is -2.46. The van der Waals surface area contributed by atoms with Gasteiger partial charge >= 0.3 is 6.03 Å². The average molecular weight is 383 g/mol. The number of guanidine groups is 1. The number of ether oxygens (including phenoxy) is 1. The first-order chi connectivity index (χ1) is 13.6. The fourth-order valence-electron chi connectivity index (χ4n) is 3.01.